The van der Waals surface area contributed by atoms with Crippen molar-refractivity contribution in [3.8, 4) is 12.3 Å². The molecule has 6 atom stereocenters. The zero-order valence-corrected chi connectivity index (χ0v) is 24.3. The summed E-state index contributed by atoms with van der Waals surface area (Å²) in [6.07, 6.45) is 28.5. The van der Waals surface area contributed by atoms with E-state index in [4.69, 9.17) is 11.2 Å². The maximum Gasteiger partial charge on any atom is 0.307 e. The highest BCUT2D eigenvalue weighted by Crippen LogP contribution is 2.68. The Morgan fingerprint density at radius 3 is 2.37 bits per heavy atom. The average molecular weight is 521 g/mol. The van der Waals surface area contributed by atoms with E-state index in [9.17, 15) is 9.59 Å². The summed E-state index contributed by atoms with van der Waals surface area (Å²) in [5.74, 6) is 5.17. The van der Waals surface area contributed by atoms with Gasteiger partial charge in [0.1, 0.15) is 0 Å². The molecule has 0 aliphatic heterocycles. The van der Waals surface area contributed by atoms with E-state index in [1.807, 2.05) is 6.08 Å². The third kappa shape index (κ3) is 5.71. The van der Waals surface area contributed by atoms with Crippen LogP contribution in [0.2, 0.25) is 0 Å². The molecule has 3 fully saturated rings. The molecule has 0 aromatic carbocycles. The van der Waals surface area contributed by atoms with Gasteiger partial charge in [-0.1, -0.05) is 95.3 Å². The Hall–Kier alpha value is -1.82. The first-order valence-electron chi connectivity index (χ1n) is 16.0. The number of ketones is 1. The number of carbonyl (C=O) groups excluding carboxylic acids is 2. The van der Waals surface area contributed by atoms with Gasteiger partial charge in [0.05, 0.1) is 0 Å². The van der Waals surface area contributed by atoms with E-state index in [0.29, 0.717) is 42.3 Å². The predicted octanol–water partition coefficient (Wildman–Crippen LogP) is 8.91. The van der Waals surface area contributed by atoms with E-state index < -0.39 is 5.60 Å². The molecular formula is C35H52O3. The van der Waals surface area contributed by atoms with Gasteiger partial charge in [0.25, 0.3) is 0 Å². The smallest absolute Gasteiger partial charge is 0.307 e. The lowest BCUT2D eigenvalue weighted by Crippen LogP contribution is -2.55. The van der Waals surface area contributed by atoms with Gasteiger partial charge in [-0.05, 0) is 81.1 Å². The number of fused-ring (bicyclic) bond motifs is 5. The number of carbonyl (C=O) groups is 2. The Morgan fingerprint density at radius 2 is 1.71 bits per heavy atom. The Bertz CT molecular complexity index is 937. The number of allylic oxidation sites excluding steroid dienone is 2. The molecule has 0 heterocycles. The van der Waals surface area contributed by atoms with Crippen molar-refractivity contribution in [1.82, 2.24) is 0 Å². The molecule has 1 unspecified atom stereocenters. The second-order valence-electron chi connectivity index (χ2n) is 12.9. The van der Waals surface area contributed by atoms with Crippen molar-refractivity contribution < 1.29 is 14.3 Å². The van der Waals surface area contributed by atoms with Crippen LogP contribution in [0, 0.1) is 41.4 Å². The molecule has 0 aromatic rings. The zero-order valence-electron chi connectivity index (χ0n) is 24.3. The van der Waals surface area contributed by atoms with Crippen LogP contribution in [0.3, 0.4) is 0 Å². The van der Waals surface area contributed by atoms with Crippen LogP contribution >= 0.6 is 0 Å². The summed E-state index contributed by atoms with van der Waals surface area (Å²) in [5.41, 5.74) is 1.62. The summed E-state index contributed by atoms with van der Waals surface area (Å²) in [4.78, 5) is 25.2. The molecule has 0 aromatic heterocycles. The molecule has 0 spiro atoms. The van der Waals surface area contributed by atoms with Crippen molar-refractivity contribution >= 4 is 11.8 Å². The van der Waals surface area contributed by atoms with Crippen LogP contribution in [0.25, 0.3) is 0 Å². The molecule has 210 valence electrons. The number of rotatable bonds is 13. The standard InChI is InChI=1S/C35H52O3/c1-5-8-9-10-11-12-13-14-15-16-17-32(37)38-35(7-3)23-22-31-30-20-18-27-24-28(36)19-21-29(27)33(30)26(4)25-34(31,35)6-2/h3,24,29-31,33H,4-6,8-23,25H2,1-2H3/t29?,30-,31-,33+,34-,35-/m0/s1. The van der Waals surface area contributed by atoms with E-state index in [0.717, 1.165) is 57.8 Å². The summed E-state index contributed by atoms with van der Waals surface area (Å²) < 4.78 is 6.37. The van der Waals surface area contributed by atoms with E-state index >= 15 is 0 Å². The van der Waals surface area contributed by atoms with E-state index in [-0.39, 0.29) is 11.4 Å². The quantitative estimate of drug-likeness (QED) is 0.105. The van der Waals surface area contributed by atoms with Crippen molar-refractivity contribution in [3.05, 3.63) is 23.8 Å². The highest BCUT2D eigenvalue weighted by molar-refractivity contribution is 5.91. The number of unbranched alkanes of at least 4 members (excludes halogenated alkanes) is 9. The molecule has 0 bridgehead atoms. The normalized spacial score (nSPS) is 34.1. The topological polar surface area (TPSA) is 43.4 Å². The lowest BCUT2D eigenvalue weighted by Gasteiger charge is -2.57. The van der Waals surface area contributed by atoms with Gasteiger partial charge in [0.15, 0.2) is 11.4 Å². The molecule has 4 aliphatic carbocycles. The minimum atomic E-state index is -0.811. The maximum atomic E-state index is 13.1. The molecule has 4 aliphatic rings. The van der Waals surface area contributed by atoms with E-state index in [2.05, 4.69) is 26.3 Å². The van der Waals surface area contributed by atoms with Crippen LogP contribution in [0.1, 0.15) is 136 Å². The largest absolute Gasteiger partial charge is 0.445 e. The summed E-state index contributed by atoms with van der Waals surface area (Å²) >= 11 is 0. The molecular weight excluding hydrogens is 468 g/mol. The average Bonchev–Trinajstić information content (AvgIpc) is 3.23. The lowest BCUT2D eigenvalue weighted by molar-refractivity contribution is -0.170. The number of hydrogen-bond acceptors (Lipinski definition) is 3. The molecule has 0 N–H and O–H groups in total. The fraction of sp³-hybridized carbons (Fsp3) is 0.771. The second kappa shape index (κ2) is 13.0. The number of esters is 1. The van der Waals surface area contributed by atoms with Crippen LogP contribution in [-0.4, -0.2) is 17.4 Å². The number of ether oxygens (including phenoxy) is 1. The third-order valence-corrected chi connectivity index (χ3v) is 10.9. The molecule has 3 heteroatoms. The SMILES string of the molecule is C#C[C@]1(OC(=O)CCCCCCCCCCCC)CC[C@H]2[C@@H]3CCC4=CC(=O)CCC4[C@H]3C(=C)C[C@@]21CC. The lowest BCUT2D eigenvalue weighted by atomic mass is 9.48. The molecule has 0 saturated heterocycles. The van der Waals surface area contributed by atoms with Crippen molar-refractivity contribution in [2.75, 3.05) is 0 Å². The van der Waals surface area contributed by atoms with Gasteiger partial charge < -0.3 is 4.74 Å². The maximum absolute atomic E-state index is 13.1. The van der Waals surface area contributed by atoms with Gasteiger partial charge in [0, 0.05) is 18.3 Å². The molecule has 4 rings (SSSR count). The fourth-order valence-corrected chi connectivity index (χ4v) is 9.06. The van der Waals surface area contributed by atoms with Gasteiger partial charge in [-0.15, -0.1) is 6.42 Å². The molecule has 38 heavy (non-hydrogen) atoms. The number of hydrogen-bond donors (Lipinski definition) is 0. The summed E-state index contributed by atoms with van der Waals surface area (Å²) in [5, 5.41) is 0. The number of terminal acetylenes is 1. The summed E-state index contributed by atoms with van der Waals surface area (Å²) in [6.45, 7) is 9.12. The van der Waals surface area contributed by atoms with Gasteiger partial charge in [-0.2, -0.15) is 0 Å². The first-order chi connectivity index (χ1) is 18.4. The van der Waals surface area contributed by atoms with Crippen LogP contribution < -0.4 is 0 Å². The highest BCUT2D eigenvalue weighted by atomic mass is 16.6. The molecule has 3 nitrogen and oxygen atoms in total. The minimum Gasteiger partial charge on any atom is -0.445 e. The predicted molar refractivity (Wildman–Crippen MR) is 155 cm³/mol. The second-order valence-corrected chi connectivity index (χ2v) is 12.9. The fourth-order valence-electron chi connectivity index (χ4n) is 9.06. The van der Waals surface area contributed by atoms with Crippen LogP contribution in [0.15, 0.2) is 23.8 Å². The first-order valence-corrected chi connectivity index (χ1v) is 16.0. The Kier molecular flexibility index (Phi) is 10.00. The van der Waals surface area contributed by atoms with Crippen molar-refractivity contribution in [3.63, 3.8) is 0 Å². The molecule has 0 amide bonds. The molecule has 0 radical (unpaired) electrons. The Labute approximate surface area is 232 Å². The van der Waals surface area contributed by atoms with Crippen LogP contribution in [-0.2, 0) is 14.3 Å². The Morgan fingerprint density at radius 1 is 1.03 bits per heavy atom. The monoisotopic (exact) mass is 520 g/mol. The van der Waals surface area contributed by atoms with Crippen LogP contribution in [0.4, 0.5) is 0 Å². The Balaban J connectivity index is 1.34. The van der Waals surface area contributed by atoms with Crippen molar-refractivity contribution in [2.45, 2.75) is 141 Å². The van der Waals surface area contributed by atoms with E-state index in [1.165, 1.54) is 62.5 Å². The molecule has 3 saturated carbocycles. The van der Waals surface area contributed by atoms with Gasteiger partial charge in [-0.25, -0.2) is 0 Å². The summed E-state index contributed by atoms with van der Waals surface area (Å²) in [7, 11) is 0. The van der Waals surface area contributed by atoms with Gasteiger partial charge in [0.2, 0.25) is 0 Å². The van der Waals surface area contributed by atoms with Crippen molar-refractivity contribution in [1.29, 1.82) is 0 Å². The van der Waals surface area contributed by atoms with Gasteiger partial charge in [-0.3, -0.25) is 9.59 Å². The van der Waals surface area contributed by atoms with Crippen LogP contribution in [0.5, 0.6) is 0 Å². The summed E-state index contributed by atoms with van der Waals surface area (Å²) in [6, 6.07) is 0. The minimum absolute atomic E-state index is 0.108. The highest BCUT2D eigenvalue weighted by Gasteiger charge is 2.66. The van der Waals surface area contributed by atoms with E-state index in [1.54, 1.807) is 0 Å². The first kappa shape index (κ1) is 29.2. The third-order valence-electron chi connectivity index (χ3n) is 10.9. The van der Waals surface area contributed by atoms with Gasteiger partial charge >= 0.3 is 5.97 Å². The zero-order chi connectivity index (χ0) is 27.2. The van der Waals surface area contributed by atoms with Crippen molar-refractivity contribution in [2.24, 2.45) is 29.1 Å².